The van der Waals surface area contributed by atoms with Crippen molar-refractivity contribution >= 4 is 25.6 Å². The SMILES string of the molecule is CC(C)(C)CC(=O)NCc1ccc(S(=O)(=O)Cl)cc1. The van der Waals surface area contributed by atoms with Gasteiger partial charge < -0.3 is 5.32 Å². The van der Waals surface area contributed by atoms with Crippen LogP contribution in [-0.2, 0) is 20.4 Å². The van der Waals surface area contributed by atoms with Gasteiger partial charge in [0.05, 0.1) is 4.90 Å². The molecule has 1 aromatic rings. The van der Waals surface area contributed by atoms with Gasteiger partial charge >= 0.3 is 0 Å². The van der Waals surface area contributed by atoms with Crippen molar-refractivity contribution in [3.8, 4) is 0 Å². The average molecular weight is 304 g/mol. The maximum Gasteiger partial charge on any atom is 0.261 e. The van der Waals surface area contributed by atoms with Crippen molar-refractivity contribution in [2.75, 3.05) is 0 Å². The molecule has 0 aliphatic heterocycles. The Kier molecular flexibility index (Phi) is 4.98. The molecule has 106 valence electrons. The molecule has 1 amide bonds. The number of hydrogen-bond acceptors (Lipinski definition) is 3. The van der Waals surface area contributed by atoms with Gasteiger partial charge in [-0.1, -0.05) is 32.9 Å². The summed E-state index contributed by atoms with van der Waals surface area (Å²) < 4.78 is 22.1. The third-order valence-corrected chi connectivity index (χ3v) is 3.76. The minimum atomic E-state index is -3.69. The lowest BCUT2D eigenvalue weighted by molar-refractivity contribution is -0.122. The van der Waals surface area contributed by atoms with Crippen molar-refractivity contribution in [2.45, 2.75) is 38.6 Å². The highest BCUT2D eigenvalue weighted by Gasteiger charge is 2.15. The van der Waals surface area contributed by atoms with E-state index in [0.29, 0.717) is 13.0 Å². The van der Waals surface area contributed by atoms with Crippen LogP contribution in [0.1, 0.15) is 32.8 Å². The lowest BCUT2D eigenvalue weighted by atomic mass is 9.92. The molecule has 0 bridgehead atoms. The second-order valence-corrected chi connectivity index (χ2v) is 8.16. The molecular weight excluding hydrogens is 286 g/mol. The first-order valence-electron chi connectivity index (χ1n) is 5.88. The Morgan fingerprint density at radius 1 is 1.21 bits per heavy atom. The number of amides is 1. The van der Waals surface area contributed by atoms with Gasteiger partial charge in [-0.05, 0) is 23.1 Å². The Hall–Kier alpha value is -1.07. The predicted octanol–water partition coefficient (Wildman–Crippen LogP) is 2.67. The fraction of sp³-hybridized carbons (Fsp3) is 0.462. The zero-order chi connectivity index (χ0) is 14.7. The van der Waals surface area contributed by atoms with Crippen molar-refractivity contribution in [1.82, 2.24) is 5.32 Å². The van der Waals surface area contributed by atoms with Crippen LogP contribution in [0, 0.1) is 5.41 Å². The molecule has 0 aromatic heterocycles. The number of benzene rings is 1. The lowest BCUT2D eigenvalue weighted by Crippen LogP contribution is -2.27. The van der Waals surface area contributed by atoms with E-state index in [1.165, 1.54) is 12.1 Å². The summed E-state index contributed by atoms with van der Waals surface area (Å²) >= 11 is 0. The Morgan fingerprint density at radius 3 is 2.16 bits per heavy atom. The van der Waals surface area contributed by atoms with E-state index in [1.54, 1.807) is 12.1 Å². The number of carbonyl (C=O) groups is 1. The third-order valence-electron chi connectivity index (χ3n) is 2.39. The molecule has 0 spiro atoms. The fourth-order valence-corrected chi connectivity index (χ4v) is 2.28. The summed E-state index contributed by atoms with van der Waals surface area (Å²) in [6.07, 6.45) is 0.446. The van der Waals surface area contributed by atoms with Gasteiger partial charge in [0.25, 0.3) is 9.05 Å². The van der Waals surface area contributed by atoms with Crippen molar-refractivity contribution in [3.63, 3.8) is 0 Å². The summed E-state index contributed by atoms with van der Waals surface area (Å²) in [5.74, 6) is -0.0264. The molecule has 0 aliphatic rings. The molecule has 1 aromatic carbocycles. The summed E-state index contributed by atoms with van der Waals surface area (Å²) in [6.45, 7) is 6.35. The van der Waals surface area contributed by atoms with Crippen molar-refractivity contribution in [1.29, 1.82) is 0 Å². The Morgan fingerprint density at radius 2 is 1.74 bits per heavy atom. The first-order valence-corrected chi connectivity index (χ1v) is 8.19. The fourth-order valence-electron chi connectivity index (χ4n) is 1.51. The normalized spacial score (nSPS) is 12.2. The second-order valence-electron chi connectivity index (χ2n) is 5.60. The zero-order valence-electron chi connectivity index (χ0n) is 11.2. The van der Waals surface area contributed by atoms with Gasteiger partial charge in [-0.3, -0.25) is 4.79 Å². The van der Waals surface area contributed by atoms with Gasteiger partial charge in [-0.25, -0.2) is 8.42 Å². The van der Waals surface area contributed by atoms with Crippen LogP contribution in [0.2, 0.25) is 0 Å². The highest BCUT2D eigenvalue weighted by molar-refractivity contribution is 8.13. The van der Waals surface area contributed by atoms with Crippen LogP contribution < -0.4 is 5.32 Å². The van der Waals surface area contributed by atoms with E-state index in [4.69, 9.17) is 10.7 Å². The van der Waals surface area contributed by atoms with E-state index in [2.05, 4.69) is 5.32 Å². The Bertz CT molecular complexity index is 544. The smallest absolute Gasteiger partial charge is 0.261 e. The van der Waals surface area contributed by atoms with E-state index in [1.807, 2.05) is 20.8 Å². The molecule has 0 heterocycles. The second kappa shape index (κ2) is 5.92. The minimum absolute atomic E-state index is 0.0264. The molecule has 19 heavy (non-hydrogen) atoms. The van der Waals surface area contributed by atoms with Gasteiger partial charge in [0.1, 0.15) is 0 Å². The Labute approximate surface area is 118 Å². The van der Waals surface area contributed by atoms with Crippen LogP contribution in [0.3, 0.4) is 0 Å². The van der Waals surface area contributed by atoms with Crippen molar-refractivity contribution < 1.29 is 13.2 Å². The quantitative estimate of drug-likeness (QED) is 0.870. The molecule has 0 aliphatic carbocycles. The van der Waals surface area contributed by atoms with E-state index in [9.17, 15) is 13.2 Å². The molecule has 0 fully saturated rings. The van der Waals surface area contributed by atoms with Crippen LogP contribution >= 0.6 is 10.7 Å². The number of hydrogen-bond donors (Lipinski definition) is 1. The highest BCUT2D eigenvalue weighted by Crippen LogP contribution is 2.18. The largest absolute Gasteiger partial charge is 0.352 e. The van der Waals surface area contributed by atoms with Gasteiger partial charge in [0.15, 0.2) is 0 Å². The van der Waals surface area contributed by atoms with Crippen LogP contribution in [0.4, 0.5) is 0 Å². The third kappa shape index (κ3) is 6.07. The number of rotatable bonds is 4. The first kappa shape index (κ1) is 16.0. The summed E-state index contributed by atoms with van der Waals surface area (Å²) in [6, 6.07) is 6.11. The molecule has 4 nitrogen and oxygen atoms in total. The van der Waals surface area contributed by atoms with E-state index in [0.717, 1.165) is 5.56 Å². The van der Waals surface area contributed by atoms with Crippen molar-refractivity contribution in [3.05, 3.63) is 29.8 Å². The molecule has 0 saturated heterocycles. The molecule has 1 rings (SSSR count). The molecular formula is C13H18ClNO3S. The Balaban J connectivity index is 2.58. The predicted molar refractivity (Wildman–Crippen MR) is 75.4 cm³/mol. The first-order chi connectivity index (χ1) is 8.58. The standard InChI is InChI=1S/C13H18ClNO3S/c1-13(2,3)8-12(16)15-9-10-4-6-11(7-5-10)19(14,17)18/h4-7H,8-9H2,1-3H3,(H,15,16). The molecule has 0 unspecified atom stereocenters. The molecule has 6 heteroatoms. The zero-order valence-corrected chi connectivity index (χ0v) is 12.8. The molecule has 0 saturated carbocycles. The van der Waals surface area contributed by atoms with Crippen LogP contribution in [-0.4, -0.2) is 14.3 Å². The number of carbonyl (C=O) groups excluding carboxylic acids is 1. The van der Waals surface area contributed by atoms with Crippen LogP contribution in [0.5, 0.6) is 0 Å². The number of halogens is 1. The monoisotopic (exact) mass is 303 g/mol. The highest BCUT2D eigenvalue weighted by atomic mass is 35.7. The average Bonchev–Trinajstić information content (AvgIpc) is 2.23. The maximum atomic E-state index is 11.6. The maximum absolute atomic E-state index is 11.6. The van der Waals surface area contributed by atoms with Crippen molar-refractivity contribution in [2.24, 2.45) is 5.41 Å². The lowest BCUT2D eigenvalue weighted by Gasteiger charge is -2.17. The molecule has 0 atom stereocenters. The molecule has 1 N–H and O–H groups in total. The summed E-state index contributed by atoms with van der Waals surface area (Å²) in [7, 11) is 1.52. The number of nitrogens with one attached hydrogen (secondary N) is 1. The van der Waals surface area contributed by atoms with Crippen LogP contribution in [0.15, 0.2) is 29.2 Å². The minimum Gasteiger partial charge on any atom is -0.352 e. The summed E-state index contributed by atoms with van der Waals surface area (Å²) in [5.41, 5.74) is 0.770. The van der Waals surface area contributed by atoms with E-state index >= 15 is 0 Å². The van der Waals surface area contributed by atoms with Crippen LogP contribution in [0.25, 0.3) is 0 Å². The van der Waals surface area contributed by atoms with Gasteiger partial charge in [-0.15, -0.1) is 0 Å². The van der Waals surface area contributed by atoms with Gasteiger partial charge in [0, 0.05) is 23.6 Å². The molecule has 0 radical (unpaired) electrons. The summed E-state index contributed by atoms with van der Waals surface area (Å²) in [4.78, 5) is 11.7. The van der Waals surface area contributed by atoms with E-state index < -0.39 is 9.05 Å². The topological polar surface area (TPSA) is 63.2 Å². The van der Waals surface area contributed by atoms with E-state index in [-0.39, 0.29) is 16.2 Å². The summed E-state index contributed by atoms with van der Waals surface area (Å²) in [5, 5.41) is 2.79. The van der Waals surface area contributed by atoms with Gasteiger partial charge in [-0.2, -0.15) is 0 Å². The van der Waals surface area contributed by atoms with Gasteiger partial charge in [0.2, 0.25) is 5.91 Å².